The zero-order valence-electron chi connectivity index (χ0n) is 20.0. The number of carbonyl (C=O) groups is 2. The van der Waals surface area contributed by atoms with Gasteiger partial charge in [-0.25, -0.2) is 13.2 Å². The molecule has 0 bridgehead atoms. The van der Waals surface area contributed by atoms with Gasteiger partial charge in [-0.3, -0.25) is 9.10 Å². The topological polar surface area (TPSA) is 102 Å². The normalized spacial score (nSPS) is 12.7. The van der Waals surface area contributed by atoms with Gasteiger partial charge < -0.3 is 14.8 Å². The number of carbonyl (C=O) groups excluding carboxylic acids is 2. The maximum absolute atomic E-state index is 13.7. The van der Waals surface area contributed by atoms with Gasteiger partial charge in [0, 0.05) is 4.88 Å². The predicted octanol–water partition coefficient (Wildman–Crippen LogP) is 4.94. The Bertz CT molecular complexity index is 1420. The average molecular weight is 594 g/mol. The van der Waals surface area contributed by atoms with Crippen molar-refractivity contribution >= 4 is 59.9 Å². The molecule has 1 aromatic heterocycles. The van der Waals surface area contributed by atoms with Gasteiger partial charge in [0.2, 0.25) is 5.91 Å². The van der Waals surface area contributed by atoms with Crippen LogP contribution in [0.5, 0.6) is 5.75 Å². The summed E-state index contributed by atoms with van der Waals surface area (Å²) in [6.07, 6.45) is 2.51. The number of methoxy groups -OCH3 is 2. The molecule has 36 heavy (non-hydrogen) atoms. The van der Waals surface area contributed by atoms with Gasteiger partial charge in [0.15, 0.2) is 0 Å². The lowest BCUT2D eigenvalue weighted by Crippen LogP contribution is -2.38. The molecule has 0 saturated carbocycles. The summed E-state index contributed by atoms with van der Waals surface area (Å²) in [5, 5.41) is 3.14. The van der Waals surface area contributed by atoms with E-state index in [4.69, 9.17) is 9.47 Å². The Morgan fingerprint density at radius 1 is 1.11 bits per heavy atom. The number of benzene rings is 2. The Labute approximate surface area is 222 Å². The molecular formula is C25H25BrN2O6S2. The van der Waals surface area contributed by atoms with Crippen LogP contribution in [0, 0.1) is 6.92 Å². The summed E-state index contributed by atoms with van der Waals surface area (Å²) in [4.78, 5) is 26.7. The first-order chi connectivity index (χ1) is 17.1. The van der Waals surface area contributed by atoms with E-state index in [1.54, 1.807) is 30.3 Å². The number of amides is 1. The molecule has 2 aromatic carbocycles. The molecule has 4 rings (SSSR count). The van der Waals surface area contributed by atoms with Gasteiger partial charge in [0.25, 0.3) is 10.0 Å². The molecule has 1 amide bonds. The van der Waals surface area contributed by atoms with Crippen LogP contribution in [0.3, 0.4) is 0 Å². The molecular weight excluding hydrogens is 568 g/mol. The van der Waals surface area contributed by atoms with Gasteiger partial charge in [-0.1, -0.05) is 17.7 Å². The van der Waals surface area contributed by atoms with E-state index < -0.39 is 28.4 Å². The standard InChI is InChI=1S/C25H25BrN2O6S2/c1-15-7-9-16(10-8-15)28(36(31,32)17-11-12-20(33-2)19(26)13-17)14-22(29)27-24-23(25(30)34-3)18-5-4-6-21(18)35-24/h7-13H,4-6,14H2,1-3H3,(H,27,29). The highest BCUT2D eigenvalue weighted by molar-refractivity contribution is 9.10. The first kappa shape index (κ1) is 26.2. The molecule has 3 aromatic rings. The van der Waals surface area contributed by atoms with Crippen LogP contribution in [0.15, 0.2) is 51.8 Å². The number of sulfonamides is 1. The molecule has 8 nitrogen and oxygen atoms in total. The largest absolute Gasteiger partial charge is 0.496 e. The van der Waals surface area contributed by atoms with Crippen molar-refractivity contribution in [1.82, 2.24) is 0 Å². The summed E-state index contributed by atoms with van der Waals surface area (Å²) in [6, 6.07) is 11.3. The molecule has 0 spiro atoms. The summed E-state index contributed by atoms with van der Waals surface area (Å²) in [5.41, 5.74) is 2.54. The second-order valence-corrected chi connectivity index (χ2v) is 12.1. The number of ether oxygens (including phenoxy) is 2. The number of rotatable bonds is 8. The van der Waals surface area contributed by atoms with Crippen molar-refractivity contribution < 1.29 is 27.5 Å². The molecule has 1 heterocycles. The number of hydrogen-bond acceptors (Lipinski definition) is 7. The van der Waals surface area contributed by atoms with Crippen LogP contribution in [-0.2, 0) is 32.4 Å². The number of fused-ring (bicyclic) bond motifs is 1. The number of halogens is 1. The van der Waals surface area contributed by atoms with Gasteiger partial charge in [0.05, 0.1) is 34.8 Å². The van der Waals surface area contributed by atoms with Crippen LogP contribution >= 0.6 is 27.3 Å². The summed E-state index contributed by atoms with van der Waals surface area (Å²) in [5.74, 6) is -0.609. The highest BCUT2D eigenvalue weighted by Crippen LogP contribution is 2.39. The fourth-order valence-electron chi connectivity index (χ4n) is 4.07. The van der Waals surface area contributed by atoms with E-state index >= 15 is 0 Å². The van der Waals surface area contributed by atoms with Crippen molar-refractivity contribution in [3.8, 4) is 5.75 Å². The molecule has 0 saturated heterocycles. The van der Waals surface area contributed by atoms with Crippen molar-refractivity contribution in [2.75, 3.05) is 30.4 Å². The van der Waals surface area contributed by atoms with Crippen LogP contribution < -0.4 is 14.4 Å². The van der Waals surface area contributed by atoms with Crippen LogP contribution in [0.2, 0.25) is 0 Å². The highest BCUT2D eigenvalue weighted by Gasteiger charge is 2.31. The first-order valence-corrected chi connectivity index (χ1v) is 14.2. The van der Waals surface area contributed by atoms with Crippen LogP contribution in [0.25, 0.3) is 0 Å². The Kier molecular flexibility index (Phi) is 7.72. The summed E-state index contributed by atoms with van der Waals surface area (Å²) >= 11 is 4.66. The van der Waals surface area contributed by atoms with Gasteiger partial charge in [-0.2, -0.15) is 0 Å². The Morgan fingerprint density at radius 3 is 2.47 bits per heavy atom. The smallest absolute Gasteiger partial charge is 0.341 e. The summed E-state index contributed by atoms with van der Waals surface area (Å²) < 4.78 is 39.1. The fourth-order valence-corrected chi connectivity index (χ4v) is 7.50. The third-order valence-electron chi connectivity index (χ3n) is 5.88. The van der Waals surface area contributed by atoms with Crippen LogP contribution in [0.1, 0.15) is 32.8 Å². The number of esters is 1. The zero-order valence-corrected chi connectivity index (χ0v) is 23.2. The van der Waals surface area contributed by atoms with Gasteiger partial charge >= 0.3 is 5.97 Å². The number of nitrogens with one attached hydrogen (secondary N) is 1. The van der Waals surface area contributed by atoms with Gasteiger partial charge in [-0.15, -0.1) is 11.3 Å². The molecule has 0 radical (unpaired) electrons. The Morgan fingerprint density at radius 2 is 1.83 bits per heavy atom. The number of aryl methyl sites for hydroxylation is 2. The minimum absolute atomic E-state index is 0.00565. The van der Waals surface area contributed by atoms with Crippen molar-refractivity contribution in [1.29, 1.82) is 0 Å². The van der Waals surface area contributed by atoms with E-state index in [2.05, 4.69) is 21.2 Å². The van der Waals surface area contributed by atoms with Crippen LogP contribution in [-0.4, -0.2) is 41.1 Å². The number of thiophene rings is 1. The molecule has 0 fully saturated rings. The second-order valence-electron chi connectivity index (χ2n) is 8.24. The average Bonchev–Trinajstić information content (AvgIpc) is 3.43. The maximum atomic E-state index is 13.7. The summed E-state index contributed by atoms with van der Waals surface area (Å²) in [7, 11) is -1.35. The first-order valence-electron chi connectivity index (χ1n) is 11.1. The van der Waals surface area contributed by atoms with Crippen molar-refractivity contribution in [2.24, 2.45) is 0 Å². The van der Waals surface area contributed by atoms with Crippen LogP contribution in [0.4, 0.5) is 10.7 Å². The summed E-state index contributed by atoms with van der Waals surface area (Å²) in [6.45, 7) is 1.40. The Balaban J connectivity index is 1.68. The van der Waals surface area contributed by atoms with Gasteiger partial charge in [0.1, 0.15) is 17.3 Å². The van der Waals surface area contributed by atoms with E-state index in [-0.39, 0.29) is 4.90 Å². The minimum Gasteiger partial charge on any atom is -0.496 e. The second kappa shape index (κ2) is 10.6. The van der Waals surface area contributed by atoms with E-state index in [9.17, 15) is 18.0 Å². The number of hydrogen-bond donors (Lipinski definition) is 1. The minimum atomic E-state index is -4.13. The molecule has 190 valence electrons. The lowest BCUT2D eigenvalue weighted by molar-refractivity contribution is -0.114. The van der Waals surface area contributed by atoms with Gasteiger partial charge in [-0.05, 0) is 78.0 Å². The maximum Gasteiger partial charge on any atom is 0.341 e. The van der Waals surface area contributed by atoms with E-state index in [0.717, 1.165) is 39.6 Å². The molecule has 1 aliphatic carbocycles. The zero-order chi connectivity index (χ0) is 26.0. The number of nitrogens with zero attached hydrogens (tertiary/aromatic N) is 1. The van der Waals surface area contributed by atoms with Crippen molar-refractivity contribution in [3.05, 3.63) is 68.5 Å². The SMILES string of the molecule is COC(=O)c1c(NC(=O)CN(c2ccc(C)cc2)S(=O)(=O)c2ccc(OC)c(Br)c2)sc2c1CCC2. The molecule has 0 atom stereocenters. The highest BCUT2D eigenvalue weighted by atomic mass is 79.9. The number of anilines is 2. The fraction of sp³-hybridized carbons (Fsp3) is 0.280. The third kappa shape index (κ3) is 5.14. The lowest BCUT2D eigenvalue weighted by atomic mass is 10.1. The molecule has 1 aliphatic rings. The molecule has 1 N–H and O–H groups in total. The monoisotopic (exact) mass is 592 g/mol. The molecule has 0 unspecified atom stereocenters. The predicted molar refractivity (Wildman–Crippen MR) is 143 cm³/mol. The lowest BCUT2D eigenvalue weighted by Gasteiger charge is -2.24. The van der Waals surface area contributed by atoms with E-state index in [1.165, 1.54) is 37.7 Å². The molecule has 11 heteroatoms. The molecule has 0 aliphatic heterocycles. The van der Waals surface area contributed by atoms with Crippen molar-refractivity contribution in [3.63, 3.8) is 0 Å². The van der Waals surface area contributed by atoms with E-state index in [0.29, 0.717) is 26.5 Å². The Hall–Kier alpha value is -2.89. The quantitative estimate of drug-likeness (QED) is 0.372. The third-order valence-corrected chi connectivity index (χ3v) is 9.48. The van der Waals surface area contributed by atoms with Crippen molar-refractivity contribution in [2.45, 2.75) is 31.1 Å². The van der Waals surface area contributed by atoms with E-state index in [1.807, 2.05) is 6.92 Å².